The van der Waals surface area contributed by atoms with Gasteiger partial charge in [-0.1, -0.05) is 0 Å². The first-order chi connectivity index (χ1) is 6.24. The van der Waals surface area contributed by atoms with Gasteiger partial charge in [-0.3, -0.25) is 10.1 Å². The van der Waals surface area contributed by atoms with Crippen LogP contribution < -0.4 is 4.74 Å². The van der Waals surface area contributed by atoms with Crippen molar-refractivity contribution in [1.82, 2.24) is 0 Å². The second-order valence-corrected chi connectivity index (χ2v) is 2.30. The summed E-state index contributed by atoms with van der Waals surface area (Å²) in [6.45, 7) is -0.241. The molecule has 0 saturated carbocycles. The Hall–Kier alpha value is -1.62. The van der Waals surface area contributed by atoms with E-state index in [4.69, 9.17) is 4.74 Å². The molecular formula is C8H8NO4. The lowest BCUT2D eigenvalue weighted by atomic mass is 10.3. The lowest BCUT2D eigenvalue weighted by Crippen LogP contribution is -2.00. The molecule has 0 heterocycles. The Labute approximate surface area is 74.7 Å². The van der Waals surface area contributed by atoms with Crippen LogP contribution in [0.15, 0.2) is 24.3 Å². The van der Waals surface area contributed by atoms with E-state index in [1.807, 2.05) is 0 Å². The van der Waals surface area contributed by atoms with E-state index in [9.17, 15) is 15.2 Å². The average Bonchev–Trinajstić information content (AvgIpc) is 2.15. The van der Waals surface area contributed by atoms with Gasteiger partial charge in [0.05, 0.1) is 4.92 Å². The Morgan fingerprint density at radius 3 is 2.38 bits per heavy atom. The Balaban J connectivity index is 2.64. The summed E-state index contributed by atoms with van der Waals surface area (Å²) >= 11 is 0. The molecule has 1 rings (SSSR count). The van der Waals surface area contributed by atoms with Crippen molar-refractivity contribution in [1.29, 1.82) is 0 Å². The van der Waals surface area contributed by atoms with Gasteiger partial charge in [-0.15, -0.1) is 0 Å². The van der Waals surface area contributed by atoms with Gasteiger partial charge in [0.25, 0.3) is 5.69 Å². The van der Waals surface area contributed by atoms with Gasteiger partial charge in [-0.2, -0.15) is 0 Å². The van der Waals surface area contributed by atoms with E-state index in [0.29, 0.717) is 5.75 Å². The third-order valence-corrected chi connectivity index (χ3v) is 1.40. The van der Waals surface area contributed by atoms with Gasteiger partial charge in [0.1, 0.15) is 19.0 Å². The molecule has 0 fully saturated rings. The molecule has 5 nitrogen and oxygen atoms in total. The number of non-ortho nitro benzene ring substituents is 1. The molecule has 69 valence electrons. The first kappa shape index (κ1) is 9.47. The third-order valence-electron chi connectivity index (χ3n) is 1.40. The fraction of sp³-hybridized carbons (Fsp3) is 0.250. The molecule has 0 amide bonds. The Kier molecular flexibility index (Phi) is 3.22. The van der Waals surface area contributed by atoms with Crippen LogP contribution in [0.2, 0.25) is 0 Å². The highest BCUT2D eigenvalue weighted by Crippen LogP contribution is 2.16. The van der Waals surface area contributed by atoms with Gasteiger partial charge in [0, 0.05) is 12.1 Å². The summed E-state index contributed by atoms with van der Waals surface area (Å²) in [5.74, 6) is 0.474. The average molecular weight is 182 g/mol. The highest BCUT2D eigenvalue weighted by Gasteiger charge is 2.03. The van der Waals surface area contributed by atoms with Gasteiger partial charge in [0.2, 0.25) is 0 Å². The van der Waals surface area contributed by atoms with Gasteiger partial charge in [-0.05, 0) is 12.1 Å². The molecule has 0 aliphatic carbocycles. The van der Waals surface area contributed by atoms with Gasteiger partial charge >= 0.3 is 0 Å². The zero-order chi connectivity index (χ0) is 9.68. The second kappa shape index (κ2) is 4.42. The predicted octanol–water partition coefficient (Wildman–Crippen LogP) is 1.40. The van der Waals surface area contributed by atoms with Crippen LogP contribution in [0.5, 0.6) is 5.75 Å². The second-order valence-electron chi connectivity index (χ2n) is 2.30. The van der Waals surface area contributed by atoms with Crippen LogP contribution in [0.3, 0.4) is 0 Å². The van der Waals surface area contributed by atoms with Crippen molar-refractivity contribution in [3.05, 3.63) is 34.4 Å². The first-order valence-electron chi connectivity index (χ1n) is 3.69. The Morgan fingerprint density at radius 1 is 1.31 bits per heavy atom. The van der Waals surface area contributed by atoms with Gasteiger partial charge in [0.15, 0.2) is 0 Å². The van der Waals surface area contributed by atoms with E-state index >= 15 is 0 Å². The molecule has 0 saturated heterocycles. The molecule has 0 unspecified atom stereocenters. The highest BCUT2D eigenvalue weighted by molar-refractivity contribution is 5.35. The van der Waals surface area contributed by atoms with E-state index in [2.05, 4.69) is 0 Å². The minimum absolute atomic E-state index is 0.00877. The van der Waals surface area contributed by atoms with Gasteiger partial charge < -0.3 is 4.74 Å². The molecule has 0 bridgehead atoms. The van der Waals surface area contributed by atoms with Crippen molar-refractivity contribution >= 4 is 5.69 Å². The topological polar surface area (TPSA) is 72.3 Å². The van der Waals surface area contributed by atoms with E-state index < -0.39 is 4.92 Å². The number of nitrogens with zero attached hydrogens (tertiary/aromatic N) is 1. The number of benzene rings is 1. The summed E-state index contributed by atoms with van der Waals surface area (Å²) in [6, 6.07) is 5.60. The lowest BCUT2D eigenvalue weighted by Gasteiger charge is -2.01. The lowest BCUT2D eigenvalue weighted by molar-refractivity contribution is -0.384. The fourth-order valence-corrected chi connectivity index (χ4v) is 0.824. The van der Waals surface area contributed by atoms with Crippen LogP contribution in [-0.2, 0) is 5.11 Å². The maximum absolute atomic E-state index is 10.2. The van der Waals surface area contributed by atoms with Crippen molar-refractivity contribution in [2.24, 2.45) is 0 Å². The standard InChI is InChI=1S/C8H8NO4/c10-5-6-13-8-3-1-7(2-4-8)9(11)12/h1-4H,5-6H2. The molecule has 0 atom stereocenters. The number of hydrogen-bond donors (Lipinski definition) is 0. The van der Waals surface area contributed by atoms with Crippen molar-refractivity contribution in [2.75, 3.05) is 13.2 Å². The van der Waals surface area contributed by atoms with Crippen molar-refractivity contribution < 1.29 is 14.8 Å². The summed E-state index contributed by atoms with van der Waals surface area (Å²) in [5, 5.41) is 20.3. The monoisotopic (exact) mass is 182 g/mol. The summed E-state index contributed by atoms with van der Waals surface area (Å²) < 4.78 is 4.95. The molecule has 13 heavy (non-hydrogen) atoms. The molecule has 1 aromatic carbocycles. The number of nitro benzene ring substituents is 1. The smallest absolute Gasteiger partial charge is 0.269 e. The molecule has 0 spiro atoms. The summed E-state index contributed by atoms with van der Waals surface area (Å²) in [7, 11) is 0. The van der Waals surface area contributed by atoms with E-state index in [-0.39, 0.29) is 18.9 Å². The van der Waals surface area contributed by atoms with Crippen LogP contribution in [-0.4, -0.2) is 18.1 Å². The molecule has 1 aromatic rings. The number of hydrogen-bond acceptors (Lipinski definition) is 3. The molecule has 0 N–H and O–H groups in total. The maximum Gasteiger partial charge on any atom is 0.269 e. The molecular weight excluding hydrogens is 174 g/mol. The number of ether oxygens (including phenoxy) is 1. The van der Waals surface area contributed by atoms with Crippen molar-refractivity contribution in [3.63, 3.8) is 0 Å². The quantitative estimate of drug-likeness (QED) is 0.521. The number of rotatable bonds is 4. The third kappa shape index (κ3) is 2.72. The van der Waals surface area contributed by atoms with Crippen LogP contribution in [0.1, 0.15) is 0 Å². The summed E-state index contributed by atoms with van der Waals surface area (Å²) in [5.41, 5.74) is 0.00877. The predicted molar refractivity (Wildman–Crippen MR) is 44.1 cm³/mol. The van der Waals surface area contributed by atoms with E-state index in [0.717, 1.165) is 0 Å². The summed E-state index contributed by atoms with van der Waals surface area (Å²) in [4.78, 5) is 9.75. The SMILES string of the molecule is [O]CCOc1ccc([N+](=O)[O-])cc1. The zero-order valence-electron chi connectivity index (χ0n) is 6.80. The minimum Gasteiger partial charge on any atom is -0.491 e. The first-order valence-corrected chi connectivity index (χ1v) is 3.69. The fourth-order valence-electron chi connectivity index (χ4n) is 0.824. The van der Waals surface area contributed by atoms with Crippen LogP contribution in [0.4, 0.5) is 5.69 Å². The van der Waals surface area contributed by atoms with E-state index in [1.54, 1.807) is 0 Å². The molecule has 0 aliphatic rings. The molecule has 1 radical (unpaired) electrons. The zero-order valence-corrected chi connectivity index (χ0v) is 6.80. The Bertz CT molecular complexity index is 283. The Morgan fingerprint density at radius 2 is 1.92 bits per heavy atom. The van der Waals surface area contributed by atoms with Crippen LogP contribution >= 0.6 is 0 Å². The van der Waals surface area contributed by atoms with Crippen LogP contribution in [0.25, 0.3) is 0 Å². The molecule has 0 aliphatic heterocycles. The van der Waals surface area contributed by atoms with Crippen LogP contribution in [0, 0.1) is 10.1 Å². The maximum atomic E-state index is 10.2. The molecule has 0 aromatic heterocycles. The highest BCUT2D eigenvalue weighted by atomic mass is 16.6. The minimum atomic E-state index is -0.489. The summed E-state index contributed by atoms with van der Waals surface area (Å²) in [6.07, 6.45) is 0. The van der Waals surface area contributed by atoms with Crippen molar-refractivity contribution in [3.8, 4) is 5.75 Å². The van der Waals surface area contributed by atoms with E-state index in [1.165, 1.54) is 24.3 Å². The van der Waals surface area contributed by atoms with Crippen molar-refractivity contribution in [2.45, 2.75) is 0 Å². The normalized spacial score (nSPS) is 9.62. The number of nitro groups is 1. The molecule has 5 heteroatoms. The van der Waals surface area contributed by atoms with Gasteiger partial charge in [-0.25, -0.2) is 5.11 Å². The largest absolute Gasteiger partial charge is 0.491 e.